The van der Waals surface area contributed by atoms with Crippen molar-refractivity contribution < 1.29 is 9.50 Å². The largest absolute Gasteiger partial charge is 0.396 e. The predicted octanol–water partition coefficient (Wildman–Crippen LogP) is 3.36. The number of rotatable bonds is 4. The monoisotopic (exact) mass is 245 g/mol. The smallest absolute Gasteiger partial charge is 0.128 e. The third-order valence-corrected chi connectivity index (χ3v) is 2.77. The summed E-state index contributed by atoms with van der Waals surface area (Å²) in [4.78, 5) is 0. The normalized spacial score (nSPS) is 11.6. The minimum Gasteiger partial charge on any atom is -0.396 e. The molecule has 0 saturated heterocycles. The van der Waals surface area contributed by atoms with Gasteiger partial charge >= 0.3 is 0 Å². The van der Waals surface area contributed by atoms with Gasteiger partial charge in [0.05, 0.1) is 10.7 Å². The molecule has 0 radical (unpaired) electrons. The maximum absolute atomic E-state index is 13.4. The Balaban J connectivity index is 2.93. The van der Waals surface area contributed by atoms with Crippen LogP contribution in [0.4, 0.5) is 10.1 Å². The third-order valence-electron chi connectivity index (χ3n) is 2.46. The van der Waals surface area contributed by atoms with Gasteiger partial charge in [0, 0.05) is 12.1 Å². The highest BCUT2D eigenvalue weighted by Crippen LogP contribution is 2.28. The molecule has 90 valence electrons. The molecule has 0 unspecified atom stereocenters. The van der Waals surface area contributed by atoms with Crippen LogP contribution in [0.15, 0.2) is 12.1 Å². The standard InChI is InChI=1S/C12H17ClFNO/c1-8-6-9(13)11(7-10(8)14)15-12(2,3)4-5-16/h6-7,15-16H,4-5H2,1-3H3. The van der Waals surface area contributed by atoms with Crippen molar-refractivity contribution in [1.29, 1.82) is 0 Å². The van der Waals surface area contributed by atoms with Gasteiger partial charge in [0.15, 0.2) is 0 Å². The molecule has 16 heavy (non-hydrogen) atoms. The van der Waals surface area contributed by atoms with Crippen molar-refractivity contribution in [3.05, 3.63) is 28.5 Å². The first-order valence-corrected chi connectivity index (χ1v) is 5.58. The molecule has 0 saturated carbocycles. The van der Waals surface area contributed by atoms with Gasteiger partial charge in [-0.05, 0) is 44.9 Å². The topological polar surface area (TPSA) is 32.3 Å². The molecule has 1 rings (SSSR count). The minimum atomic E-state index is -0.319. The quantitative estimate of drug-likeness (QED) is 0.853. The molecule has 2 N–H and O–H groups in total. The highest BCUT2D eigenvalue weighted by molar-refractivity contribution is 6.33. The Morgan fingerprint density at radius 3 is 2.62 bits per heavy atom. The first kappa shape index (κ1) is 13.3. The zero-order chi connectivity index (χ0) is 12.3. The van der Waals surface area contributed by atoms with E-state index in [4.69, 9.17) is 16.7 Å². The van der Waals surface area contributed by atoms with E-state index in [1.54, 1.807) is 13.0 Å². The molecule has 1 aromatic carbocycles. The van der Waals surface area contributed by atoms with Crippen LogP contribution in [0.2, 0.25) is 5.02 Å². The van der Waals surface area contributed by atoms with E-state index >= 15 is 0 Å². The molecule has 4 heteroatoms. The fourth-order valence-electron chi connectivity index (χ4n) is 1.45. The Kier molecular flexibility index (Phi) is 4.16. The number of anilines is 1. The fourth-order valence-corrected chi connectivity index (χ4v) is 1.71. The highest BCUT2D eigenvalue weighted by Gasteiger charge is 2.18. The summed E-state index contributed by atoms with van der Waals surface area (Å²) in [5, 5.41) is 12.5. The summed E-state index contributed by atoms with van der Waals surface area (Å²) in [5.74, 6) is -0.285. The fraction of sp³-hybridized carbons (Fsp3) is 0.500. The Hall–Kier alpha value is -0.800. The molecule has 0 aliphatic rings. The Morgan fingerprint density at radius 1 is 1.44 bits per heavy atom. The van der Waals surface area contributed by atoms with Crippen molar-refractivity contribution in [2.24, 2.45) is 0 Å². The first-order chi connectivity index (χ1) is 7.35. The molecule has 2 nitrogen and oxygen atoms in total. The first-order valence-electron chi connectivity index (χ1n) is 5.20. The lowest BCUT2D eigenvalue weighted by Gasteiger charge is -2.27. The second-order valence-corrected chi connectivity index (χ2v) is 4.97. The lowest BCUT2D eigenvalue weighted by molar-refractivity contribution is 0.261. The van der Waals surface area contributed by atoms with E-state index in [-0.39, 0.29) is 18.0 Å². The van der Waals surface area contributed by atoms with Crippen LogP contribution in [0.25, 0.3) is 0 Å². The van der Waals surface area contributed by atoms with E-state index in [9.17, 15) is 4.39 Å². The van der Waals surface area contributed by atoms with Crippen molar-refractivity contribution in [3.8, 4) is 0 Å². The number of hydrogen-bond acceptors (Lipinski definition) is 2. The van der Waals surface area contributed by atoms with E-state index in [0.717, 1.165) is 0 Å². The van der Waals surface area contributed by atoms with Gasteiger partial charge in [-0.15, -0.1) is 0 Å². The number of aliphatic hydroxyl groups excluding tert-OH is 1. The van der Waals surface area contributed by atoms with Crippen molar-refractivity contribution in [1.82, 2.24) is 0 Å². The number of hydrogen-bond donors (Lipinski definition) is 2. The third kappa shape index (κ3) is 3.35. The molecule has 0 aliphatic heterocycles. The maximum atomic E-state index is 13.4. The van der Waals surface area contributed by atoms with Gasteiger partial charge in [0.1, 0.15) is 5.82 Å². The van der Waals surface area contributed by atoms with E-state index in [2.05, 4.69) is 5.32 Å². The molecule has 0 amide bonds. The van der Waals surface area contributed by atoms with E-state index in [1.807, 2.05) is 13.8 Å². The predicted molar refractivity (Wildman–Crippen MR) is 65.6 cm³/mol. The van der Waals surface area contributed by atoms with Crippen LogP contribution in [0.3, 0.4) is 0 Å². The second-order valence-electron chi connectivity index (χ2n) is 4.56. The molecule has 0 spiro atoms. The average molecular weight is 246 g/mol. The van der Waals surface area contributed by atoms with Gasteiger partial charge in [0.25, 0.3) is 0 Å². The Morgan fingerprint density at radius 2 is 2.06 bits per heavy atom. The van der Waals surface area contributed by atoms with Crippen LogP contribution in [-0.4, -0.2) is 17.3 Å². The summed E-state index contributed by atoms with van der Waals surface area (Å²) in [6, 6.07) is 2.98. The van der Waals surface area contributed by atoms with Crippen molar-refractivity contribution in [3.63, 3.8) is 0 Å². The Labute approximate surface area is 100 Å². The molecular weight excluding hydrogens is 229 g/mol. The van der Waals surface area contributed by atoms with Crippen LogP contribution in [0, 0.1) is 12.7 Å². The molecule has 0 fully saturated rings. The van der Waals surface area contributed by atoms with Gasteiger partial charge in [-0.1, -0.05) is 11.6 Å². The van der Waals surface area contributed by atoms with E-state index in [1.165, 1.54) is 6.07 Å². The SMILES string of the molecule is Cc1cc(Cl)c(NC(C)(C)CCO)cc1F. The van der Waals surface area contributed by atoms with Crippen LogP contribution in [0.5, 0.6) is 0 Å². The lowest BCUT2D eigenvalue weighted by Crippen LogP contribution is -2.32. The van der Waals surface area contributed by atoms with Crippen LogP contribution < -0.4 is 5.32 Å². The summed E-state index contributed by atoms with van der Waals surface area (Å²) < 4.78 is 13.4. The molecular formula is C12H17ClFNO. The molecule has 0 atom stereocenters. The summed E-state index contributed by atoms with van der Waals surface area (Å²) in [6.07, 6.45) is 0.568. The van der Waals surface area contributed by atoms with Crippen molar-refractivity contribution in [2.45, 2.75) is 32.7 Å². The number of aliphatic hydroxyl groups is 1. The lowest BCUT2D eigenvalue weighted by atomic mass is 10.0. The zero-order valence-electron chi connectivity index (χ0n) is 9.77. The summed E-state index contributed by atoms with van der Waals surface area (Å²) in [6.45, 7) is 5.60. The van der Waals surface area contributed by atoms with Crippen LogP contribution >= 0.6 is 11.6 Å². The zero-order valence-corrected chi connectivity index (χ0v) is 10.5. The average Bonchev–Trinajstić information content (AvgIpc) is 2.13. The maximum Gasteiger partial charge on any atom is 0.128 e. The number of benzene rings is 1. The van der Waals surface area contributed by atoms with Crippen molar-refractivity contribution in [2.75, 3.05) is 11.9 Å². The summed E-state index contributed by atoms with van der Waals surface area (Å²) >= 11 is 6.02. The van der Waals surface area contributed by atoms with Gasteiger partial charge < -0.3 is 10.4 Å². The highest BCUT2D eigenvalue weighted by atomic mass is 35.5. The summed E-state index contributed by atoms with van der Waals surface area (Å²) in [5.41, 5.74) is 0.763. The number of halogens is 2. The summed E-state index contributed by atoms with van der Waals surface area (Å²) in [7, 11) is 0. The van der Waals surface area contributed by atoms with Crippen molar-refractivity contribution >= 4 is 17.3 Å². The number of aryl methyl sites for hydroxylation is 1. The second kappa shape index (κ2) is 5.02. The molecule has 0 heterocycles. The molecule has 0 aromatic heterocycles. The van der Waals surface area contributed by atoms with Gasteiger partial charge in [0.2, 0.25) is 0 Å². The molecule has 0 aliphatic carbocycles. The number of nitrogens with one attached hydrogen (secondary N) is 1. The van der Waals surface area contributed by atoms with Gasteiger partial charge in [-0.3, -0.25) is 0 Å². The van der Waals surface area contributed by atoms with Crippen LogP contribution in [0.1, 0.15) is 25.8 Å². The van der Waals surface area contributed by atoms with Crippen LogP contribution in [-0.2, 0) is 0 Å². The minimum absolute atomic E-state index is 0.0754. The molecule has 0 bridgehead atoms. The Bertz CT molecular complexity index is 380. The van der Waals surface area contributed by atoms with Gasteiger partial charge in [-0.25, -0.2) is 4.39 Å². The van der Waals surface area contributed by atoms with E-state index < -0.39 is 0 Å². The van der Waals surface area contributed by atoms with Gasteiger partial charge in [-0.2, -0.15) is 0 Å². The molecule has 1 aromatic rings. The van der Waals surface area contributed by atoms with E-state index in [0.29, 0.717) is 22.7 Å².